The summed E-state index contributed by atoms with van der Waals surface area (Å²) in [6.07, 6.45) is 1.17. The molecule has 1 heterocycles. The van der Waals surface area contributed by atoms with Crippen molar-refractivity contribution in [2.24, 2.45) is 0 Å². The molecule has 0 aliphatic heterocycles. The molecule has 0 fully saturated rings. The first-order chi connectivity index (χ1) is 15.5. The molecule has 0 saturated heterocycles. The highest BCUT2D eigenvalue weighted by Gasteiger charge is 2.36. The lowest BCUT2D eigenvalue weighted by atomic mass is 9.81. The first kappa shape index (κ1) is 19.4. The lowest BCUT2D eigenvalue weighted by Gasteiger charge is -2.23. The van der Waals surface area contributed by atoms with E-state index in [0.29, 0.717) is 5.92 Å². The second kappa shape index (κ2) is 6.84. The van der Waals surface area contributed by atoms with E-state index in [9.17, 15) is 0 Å². The summed E-state index contributed by atoms with van der Waals surface area (Å²) in [6, 6.07) is 31.7. The first-order valence-corrected chi connectivity index (χ1v) is 11.8. The summed E-state index contributed by atoms with van der Waals surface area (Å²) in [5, 5.41) is 2.62. The predicted molar refractivity (Wildman–Crippen MR) is 137 cm³/mol. The van der Waals surface area contributed by atoms with Gasteiger partial charge in [-0.05, 0) is 64.4 Å². The van der Waals surface area contributed by atoms with Gasteiger partial charge in [0.1, 0.15) is 0 Å². The number of fused-ring (bicyclic) bond motifs is 6. The van der Waals surface area contributed by atoms with Crippen molar-refractivity contribution >= 4 is 21.8 Å². The van der Waals surface area contributed by atoms with Gasteiger partial charge in [0.2, 0.25) is 0 Å². The molecular formula is C31H29N. The molecule has 1 atom stereocenters. The number of para-hydroxylation sites is 2. The van der Waals surface area contributed by atoms with E-state index in [2.05, 4.69) is 117 Å². The van der Waals surface area contributed by atoms with Crippen molar-refractivity contribution in [1.29, 1.82) is 0 Å². The highest BCUT2D eigenvalue weighted by molar-refractivity contribution is 6.09. The normalized spacial score (nSPS) is 15.1. The Labute approximate surface area is 190 Å². The summed E-state index contributed by atoms with van der Waals surface area (Å²) in [4.78, 5) is 0. The van der Waals surface area contributed by atoms with E-state index in [1.807, 2.05) is 0 Å². The van der Waals surface area contributed by atoms with Crippen LogP contribution in [0, 0.1) is 0 Å². The fraction of sp³-hybridized carbons (Fsp3) is 0.226. The topological polar surface area (TPSA) is 4.93 Å². The Morgan fingerprint density at radius 3 is 1.91 bits per heavy atom. The van der Waals surface area contributed by atoms with Crippen LogP contribution in [-0.2, 0) is 5.41 Å². The summed E-state index contributed by atoms with van der Waals surface area (Å²) in [7, 11) is 0. The van der Waals surface area contributed by atoms with Crippen LogP contribution in [0.4, 0.5) is 0 Å². The third-order valence-electron chi connectivity index (χ3n) is 7.70. The SMILES string of the molecule is CCC(C)c1ccc2c(c1)C(C)(C)c1cc(-n3c4ccccc4c4ccccc43)ccc1-2. The number of hydrogen-bond donors (Lipinski definition) is 0. The Morgan fingerprint density at radius 2 is 1.28 bits per heavy atom. The van der Waals surface area contributed by atoms with Gasteiger partial charge < -0.3 is 4.57 Å². The molecule has 1 unspecified atom stereocenters. The number of aromatic nitrogens is 1. The fourth-order valence-electron chi connectivity index (χ4n) is 5.63. The van der Waals surface area contributed by atoms with Crippen LogP contribution in [0.5, 0.6) is 0 Å². The van der Waals surface area contributed by atoms with E-state index < -0.39 is 0 Å². The van der Waals surface area contributed by atoms with Gasteiger partial charge in [0.25, 0.3) is 0 Å². The van der Waals surface area contributed by atoms with Gasteiger partial charge in [0.15, 0.2) is 0 Å². The van der Waals surface area contributed by atoms with E-state index in [1.165, 1.54) is 61.7 Å². The minimum Gasteiger partial charge on any atom is -0.309 e. The molecule has 0 amide bonds. The van der Waals surface area contributed by atoms with E-state index in [4.69, 9.17) is 0 Å². The highest BCUT2D eigenvalue weighted by atomic mass is 15.0. The van der Waals surface area contributed by atoms with Crippen LogP contribution in [0.1, 0.15) is 56.7 Å². The molecule has 0 bridgehead atoms. The molecule has 1 nitrogen and oxygen atoms in total. The third-order valence-corrected chi connectivity index (χ3v) is 7.70. The van der Waals surface area contributed by atoms with Crippen molar-refractivity contribution in [3.05, 3.63) is 102 Å². The number of benzene rings is 4. The quantitative estimate of drug-likeness (QED) is 0.278. The molecule has 32 heavy (non-hydrogen) atoms. The molecule has 4 aromatic carbocycles. The van der Waals surface area contributed by atoms with E-state index in [-0.39, 0.29) is 5.41 Å². The standard InChI is InChI=1S/C31H29N/c1-5-20(2)21-14-16-23-24-17-15-22(19-28(24)31(3,4)27(23)18-21)32-29-12-8-6-10-25(29)26-11-7-9-13-30(26)32/h6-20H,5H2,1-4H3. The molecule has 1 aromatic heterocycles. The Morgan fingerprint density at radius 1 is 0.719 bits per heavy atom. The van der Waals surface area contributed by atoms with Crippen LogP contribution in [0.15, 0.2) is 84.9 Å². The van der Waals surface area contributed by atoms with Gasteiger partial charge in [0, 0.05) is 21.9 Å². The smallest absolute Gasteiger partial charge is 0.0541 e. The lowest BCUT2D eigenvalue weighted by molar-refractivity contribution is 0.654. The van der Waals surface area contributed by atoms with Crippen LogP contribution in [0.3, 0.4) is 0 Å². The number of hydrogen-bond acceptors (Lipinski definition) is 0. The van der Waals surface area contributed by atoms with Gasteiger partial charge in [-0.2, -0.15) is 0 Å². The molecule has 0 spiro atoms. The Balaban J connectivity index is 1.58. The van der Waals surface area contributed by atoms with E-state index in [1.54, 1.807) is 0 Å². The van der Waals surface area contributed by atoms with Gasteiger partial charge in [-0.3, -0.25) is 0 Å². The molecule has 6 rings (SSSR count). The average molecular weight is 416 g/mol. The van der Waals surface area contributed by atoms with Crippen molar-refractivity contribution < 1.29 is 0 Å². The molecule has 0 N–H and O–H groups in total. The Hall–Kier alpha value is -3.32. The summed E-state index contributed by atoms with van der Waals surface area (Å²) in [5.74, 6) is 0.591. The maximum atomic E-state index is 2.46. The zero-order chi connectivity index (χ0) is 22.0. The number of rotatable bonds is 3. The van der Waals surface area contributed by atoms with Crippen LogP contribution in [-0.4, -0.2) is 4.57 Å². The minimum absolute atomic E-state index is 0.0110. The second-order valence-corrected chi connectivity index (χ2v) is 9.84. The second-order valence-electron chi connectivity index (χ2n) is 9.84. The molecule has 1 aliphatic carbocycles. The maximum absolute atomic E-state index is 2.46. The van der Waals surface area contributed by atoms with Crippen LogP contribution < -0.4 is 0 Å². The van der Waals surface area contributed by atoms with Crippen molar-refractivity contribution in [2.75, 3.05) is 0 Å². The molecule has 5 aromatic rings. The van der Waals surface area contributed by atoms with Gasteiger partial charge in [-0.1, -0.05) is 88.4 Å². The molecule has 0 saturated carbocycles. The maximum Gasteiger partial charge on any atom is 0.0541 e. The van der Waals surface area contributed by atoms with Crippen LogP contribution in [0.25, 0.3) is 38.6 Å². The van der Waals surface area contributed by atoms with Gasteiger partial charge in [-0.15, -0.1) is 0 Å². The summed E-state index contributed by atoms with van der Waals surface area (Å²) in [5.41, 5.74) is 10.9. The molecule has 0 radical (unpaired) electrons. The van der Waals surface area contributed by atoms with Crippen molar-refractivity contribution in [2.45, 2.75) is 45.4 Å². The average Bonchev–Trinajstić information content (AvgIpc) is 3.28. The van der Waals surface area contributed by atoms with Gasteiger partial charge in [0.05, 0.1) is 11.0 Å². The zero-order valence-corrected chi connectivity index (χ0v) is 19.3. The van der Waals surface area contributed by atoms with Crippen LogP contribution in [0.2, 0.25) is 0 Å². The van der Waals surface area contributed by atoms with Crippen LogP contribution >= 0.6 is 0 Å². The predicted octanol–water partition coefficient (Wildman–Crippen LogP) is 8.60. The minimum atomic E-state index is -0.0110. The third kappa shape index (κ3) is 2.57. The first-order valence-electron chi connectivity index (χ1n) is 11.8. The van der Waals surface area contributed by atoms with Crippen molar-refractivity contribution in [3.8, 4) is 16.8 Å². The van der Waals surface area contributed by atoms with Crippen molar-refractivity contribution in [1.82, 2.24) is 4.57 Å². The Kier molecular flexibility index (Phi) is 4.14. The Bertz CT molecular complexity index is 1450. The van der Waals surface area contributed by atoms with Gasteiger partial charge in [-0.25, -0.2) is 0 Å². The van der Waals surface area contributed by atoms with Crippen molar-refractivity contribution in [3.63, 3.8) is 0 Å². The fourth-order valence-corrected chi connectivity index (χ4v) is 5.63. The van der Waals surface area contributed by atoms with E-state index >= 15 is 0 Å². The molecule has 158 valence electrons. The molecule has 1 aliphatic rings. The highest BCUT2D eigenvalue weighted by Crippen LogP contribution is 2.50. The summed E-state index contributed by atoms with van der Waals surface area (Å²) < 4.78 is 2.43. The largest absolute Gasteiger partial charge is 0.309 e. The zero-order valence-electron chi connectivity index (χ0n) is 19.3. The number of nitrogens with zero attached hydrogens (tertiary/aromatic N) is 1. The van der Waals surface area contributed by atoms with Gasteiger partial charge >= 0.3 is 0 Å². The molecule has 1 heteroatoms. The summed E-state index contributed by atoms with van der Waals surface area (Å²) in [6.45, 7) is 9.37. The lowest BCUT2D eigenvalue weighted by Crippen LogP contribution is -2.16. The van der Waals surface area contributed by atoms with E-state index in [0.717, 1.165) is 0 Å². The monoisotopic (exact) mass is 415 g/mol. The molecular weight excluding hydrogens is 386 g/mol. The summed E-state index contributed by atoms with van der Waals surface area (Å²) >= 11 is 0.